The first-order valence-corrected chi connectivity index (χ1v) is 6.46. The first-order chi connectivity index (χ1) is 10.6. The van der Waals surface area contributed by atoms with Crippen LogP contribution in [-0.4, -0.2) is 27.8 Å². The predicted octanol–water partition coefficient (Wildman–Crippen LogP) is 2.54. The van der Waals surface area contributed by atoms with E-state index in [4.69, 9.17) is 4.74 Å². The topological polar surface area (TPSA) is 110 Å². The fourth-order valence-corrected chi connectivity index (χ4v) is 1.62. The van der Waals surface area contributed by atoms with Crippen LogP contribution in [-0.2, 0) is 0 Å². The van der Waals surface area contributed by atoms with Crippen LogP contribution in [0.3, 0.4) is 0 Å². The molecule has 8 nitrogen and oxygen atoms in total. The Labute approximate surface area is 126 Å². The summed E-state index contributed by atoms with van der Waals surface area (Å²) in [7, 11) is 0. The Bertz CT molecular complexity index is 686. The number of nitrogens with one attached hydrogen (secondary N) is 1. The average Bonchev–Trinajstić information content (AvgIpc) is 2.49. The molecule has 0 unspecified atom stereocenters. The van der Waals surface area contributed by atoms with Gasteiger partial charge in [-0.1, -0.05) is 0 Å². The van der Waals surface area contributed by atoms with Gasteiger partial charge < -0.3 is 9.84 Å². The highest BCUT2D eigenvalue weighted by atomic mass is 16.6. The number of benzene rings is 1. The molecule has 2 rings (SSSR count). The predicted molar refractivity (Wildman–Crippen MR) is 81.4 cm³/mol. The summed E-state index contributed by atoms with van der Waals surface area (Å²) in [6, 6.07) is 9.06. The normalized spacial score (nSPS) is 10.6. The number of phenolic OH excluding ortho intramolecular Hbond substituents is 1. The lowest BCUT2D eigenvalue weighted by Gasteiger charge is -2.05. The van der Waals surface area contributed by atoms with Crippen LogP contribution in [0.1, 0.15) is 12.5 Å². The molecule has 0 fully saturated rings. The summed E-state index contributed by atoms with van der Waals surface area (Å²) in [4.78, 5) is 14.4. The zero-order valence-electron chi connectivity index (χ0n) is 11.8. The van der Waals surface area contributed by atoms with Gasteiger partial charge in [0.25, 0.3) is 0 Å². The summed E-state index contributed by atoms with van der Waals surface area (Å²) in [5.41, 5.74) is 3.04. The van der Waals surface area contributed by atoms with Crippen molar-refractivity contribution in [2.24, 2.45) is 5.10 Å². The molecule has 2 N–H and O–H groups in total. The highest BCUT2D eigenvalue weighted by molar-refractivity contribution is 5.80. The van der Waals surface area contributed by atoms with E-state index in [0.717, 1.165) is 0 Å². The minimum Gasteiger partial charge on any atom is -0.508 e. The average molecular weight is 302 g/mol. The molecule has 114 valence electrons. The summed E-state index contributed by atoms with van der Waals surface area (Å²) in [5.74, 6) is 0.410. The van der Waals surface area contributed by atoms with E-state index in [1.54, 1.807) is 19.1 Å². The largest absolute Gasteiger partial charge is 0.508 e. The second-order valence-corrected chi connectivity index (χ2v) is 4.17. The zero-order valence-corrected chi connectivity index (χ0v) is 11.8. The summed E-state index contributed by atoms with van der Waals surface area (Å²) >= 11 is 0. The van der Waals surface area contributed by atoms with E-state index in [9.17, 15) is 15.2 Å². The lowest BCUT2D eigenvalue weighted by Crippen LogP contribution is -2.02. The molecule has 22 heavy (non-hydrogen) atoms. The van der Waals surface area contributed by atoms with E-state index in [2.05, 4.69) is 15.5 Å². The van der Waals surface area contributed by atoms with Crippen molar-refractivity contribution in [2.75, 3.05) is 12.0 Å². The molecule has 8 heteroatoms. The molecule has 1 aromatic carbocycles. The van der Waals surface area contributed by atoms with Crippen LogP contribution in [0.4, 0.5) is 11.5 Å². The molecule has 0 aliphatic carbocycles. The molecule has 2 aromatic rings. The van der Waals surface area contributed by atoms with E-state index in [-0.39, 0.29) is 23.1 Å². The van der Waals surface area contributed by atoms with Crippen molar-refractivity contribution in [3.63, 3.8) is 0 Å². The first-order valence-electron chi connectivity index (χ1n) is 6.46. The van der Waals surface area contributed by atoms with Gasteiger partial charge in [0, 0.05) is 12.1 Å². The van der Waals surface area contributed by atoms with Gasteiger partial charge in [0.2, 0.25) is 11.7 Å². The highest BCUT2D eigenvalue weighted by Crippen LogP contribution is 2.24. The number of nitrogens with zero attached hydrogens (tertiary/aromatic N) is 3. The molecular formula is C14H14N4O4. The van der Waals surface area contributed by atoms with Crippen molar-refractivity contribution in [2.45, 2.75) is 6.92 Å². The maximum atomic E-state index is 11.0. The van der Waals surface area contributed by atoms with Gasteiger partial charge in [0.1, 0.15) is 5.75 Å². The van der Waals surface area contributed by atoms with Gasteiger partial charge in [0.05, 0.1) is 17.7 Å². The van der Waals surface area contributed by atoms with Crippen molar-refractivity contribution in [3.05, 3.63) is 52.1 Å². The Morgan fingerprint density at radius 1 is 1.36 bits per heavy atom. The van der Waals surface area contributed by atoms with Crippen molar-refractivity contribution < 1.29 is 14.8 Å². The molecule has 1 aromatic heterocycles. The first kappa shape index (κ1) is 15.2. The third-order valence-corrected chi connectivity index (χ3v) is 2.61. The number of phenols is 1. The molecule has 0 radical (unpaired) electrons. The SMILES string of the molecule is CCOc1ccc([N+](=O)[O-])c(N/N=C/c2ccc(O)cc2)n1. The number of ether oxygens (including phenoxy) is 1. The quantitative estimate of drug-likeness (QED) is 0.482. The van der Waals surface area contributed by atoms with E-state index in [1.807, 2.05) is 0 Å². The Balaban J connectivity index is 2.17. The van der Waals surface area contributed by atoms with Crippen LogP contribution in [0.15, 0.2) is 41.5 Å². The second-order valence-electron chi connectivity index (χ2n) is 4.17. The van der Waals surface area contributed by atoms with Gasteiger partial charge in [-0.2, -0.15) is 10.1 Å². The molecule has 0 spiro atoms. The number of rotatable bonds is 6. The Hall–Kier alpha value is -3.16. The van der Waals surface area contributed by atoms with Gasteiger partial charge >= 0.3 is 5.69 Å². The van der Waals surface area contributed by atoms with Crippen LogP contribution in [0.5, 0.6) is 11.6 Å². The van der Waals surface area contributed by atoms with Crippen molar-refractivity contribution >= 4 is 17.7 Å². The Kier molecular flexibility index (Phi) is 4.86. The van der Waals surface area contributed by atoms with Crippen LogP contribution >= 0.6 is 0 Å². The van der Waals surface area contributed by atoms with Gasteiger partial charge in [0.15, 0.2) is 0 Å². The van der Waals surface area contributed by atoms with Gasteiger partial charge in [-0.05, 0) is 36.8 Å². The molecule has 0 bridgehead atoms. The maximum Gasteiger partial charge on any atom is 0.313 e. The summed E-state index contributed by atoms with van der Waals surface area (Å²) in [6.45, 7) is 2.19. The number of nitro groups is 1. The van der Waals surface area contributed by atoms with Crippen molar-refractivity contribution in [1.82, 2.24) is 4.98 Å². The molecular weight excluding hydrogens is 288 g/mol. The Morgan fingerprint density at radius 2 is 2.09 bits per heavy atom. The summed E-state index contributed by atoms with van der Waals surface area (Å²) < 4.78 is 5.21. The summed E-state index contributed by atoms with van der Waals surface area (Å²) in [5, 5.41) is 24.1. The smallest absolute Gasteiger partial charge is 0.313 e. The monoisotopic (exact) mass is 302 g/mol. The van der Waals surface area contributed by atoms with Gasteiger partial charge in [-0.25, -0.2) is 0 Å². The zero-order chi connectivity index (χ0) is 15.9. The van der Waals surface area contributed by atoms with E-state index in [0.29, 0.717) is 12.2 Å². The second kappa shape index (κ2) is 7.02. The number of hydrogen-bond acceptors (Lipinski definition) is 7. The standard InChI is InChI=1S/C14H14N4O4/c1-2-22-13-8-7-12(18(20)21)14(16-13)17-15-9-10-3-5-11(19)6-4-10/h3-9,19H,2H2,1H3,(H,16,17)/b15-9+. The number of pyridine rings is 1. The molecule has 0 atom stereocenters. The fraction of sp³-hybridized carbons (Fsp3) is 0.143. The fourth-order valence-electron chi connectivity index (χ4n) is 1.62. The van der Waals surface area contributed by atoms with E-state index >= 15 is 0 Å². The number of hydrazone groups is 1. The van der Waals surface area contributed by atoms with Crippen LogP contribution in [0.25, 0.3) is 0 Å². The Morgan fingerprint density at radius 3 is 2.73 bits per heavy atom. The minimum absolute atomic E-state index is 0.00835. The van der Waals surface area contributed by atoms with Crippen molar-refractivity contribution in [1.29, 1.82) is 0 Å². The molecule has 0 aliphatic heterocycles. The van der Waals surface area contributed by atoms with E-state index in [1.165, 1.54) is 30.5 Å². The summed E-state index contributed by atoms with van der Waals surface area (Å²) in [6.07, 6.45) is 1.46. The number of anilines is 1. The molecule has 1 heterocycles. The maximum absolute atomic E-state index is 11.0. The number of aromatic hydroxyl groups is 1. The molecule has 0 saturated carbocycles. The highest BCUT2D eigenvalue weighted by Gasteiger charge is 2.16. The minimum atomic E-state index is -0.554. The molecule has 0 aliphatic rings. The van der Waals surface area contributed by atoms with Crippen LogP contribution in [0, 0.1) is 10.1 Å². The van der Waals surface area contributed by atoms with Crippen LogP contribution in [0.2, 0.25) is 0 Å². The van der Waals surface area contributed by atoms with Gasteiger partial charge in [-0.15, -0.1) is 0 Å². The number of aromatic nitrogens is 1. The van der Waals surface area contributed by atoms with Crippen LogP contribution < -0.4 is 10.2 Å². The van der Waals surface area contributed by atoms with Crippen molar-refractivity contribution in [3.8, 4) is 11.6 Å². The lowest BCUT2D eigenvalue weighted by atomic mass is 10.2. The van der Waals surface area contributed by atoms with E-state index < -0.39 is 4.92 Å². The third-order valence-electron chi connectivity index (χ3n) is 2.61. The third kappa shape index (κ3) is 3.92. The lowest BCUT2D eigenvalue weighted by molar-refractivity contribution is -0.384. The number of hydrogen-bond donors (Lipinski definition) is 2. The molecule has 0 saturated heterocycles. The molecule has 0 amide bonds. The van der Waals surface area contributed by atoms with Gasteiger partial charge in [-0.3, -0.25) is 15.5 Å².